The summed E-state index contributed by atoms with van der Waals surface area (Å²) in [6.07, 6.45) is 1.36. The van der Waals surface area contributed by atoms with Crippen LogP contribution in [0, 0.1) is 6.92 Å². The molecule has 0 fully saturated rings. The quantitative estimate of drug-likeness (QED) is 0.653. The number of aromatic nitrogens is 2. The molecular weight excluding hydrogens is 326 g/mol. The third kappa shape index (κ3) is 4.42. The van der Waals surface area contributed by atoms with Gasteiger partial charge in [-0.25, -0.2) is 9.78 Å². The van der Waals surface area contributed by atoms with Crippen LogP contribution in [0.4, 0.5) is 4.79 Å². The predicted octanol–water partition coefficient (Wildman–Crippen LogP) is 4.07. The number of carbonyl (C=O) groups excluding carboxylic acids is 1. The number of ether oxygens (including phenoxy) is 1. The lowest BCUT2D eigenvalue weighted by Gasteiger charge is -2.09. The van der Waals surface area contributed by atoms with Crippen LogP contribution in [0.25, 0.3) is 11.0 Å². The Hall–Kier alpha value is -2.82. The second-order valence-electron chi connectivity index (χ2n) is 6.32. The van der Waals surface area contributed by atoms with Gasteiger partial charge in [0.05, 0.1) is 17.6 Å². The number of hydrogen-bond acceptors (Lipinski definition) is 3. The fraction of sp³-hybridized carbons (Fsp3) is 0.333. The molecule has 0 radical (unpaired) electrons. The Balaban J connectivity index is 1.62. The molecule has 2 aromatic carbocycles. The minimum atomic E-state index is -0.344. The van der Waals surface area contributed by atoms with Crippen LogP contribution in [-0.2, 0) is 17.7 Å². The van der Waals surface area contributed by atoms with Crippen molar-refractivity contribution in [3.63, 3.8) is 0 Å². The van der Waals surface area contributed by atoms with E-state index in [1.807, 2.05) is 32.0 Å². The van der Waals surface area contributed by atoms with Gasteiger partial charge in [-0.15, -0.1) is 0 Å². The van der Waals surface area contributed by atoms with Gasteiger partial charge in [-0.05, 0) is 49.9 Å². The minimum absolute atomic E-state index is 0.344. The first-order chi connectivity index (χ1) is 12.7. The van der Waals surface area contributed by atoms with Crippen molar-refractivity contribution >= 4 is 17.1 Å². The van der Waals surface area contributed by atoms with Gasteiger partial charge in [0.25, 0.3) is 0 Å². The summed E-state index contributed by atoms with van der Waals surface area (Å²) in [5.74, 6) is 1.02. The van der Waals surface area contributed by atoms with Crippen molar-refractivity contribution in [3.8, 4) is 0 Å². The molecule has 5 heteroatoms. The summed E-state index contributed by atoms with van der Waals surface area (Å²) in [5, 5.41) is 2.63. The molecule has 0 saturated carbocycles. The van der Waals surface area contributed by atoms with Crippen LogP contribution in [-0.4, -0.2) is 28.8 Å². The van der Waals surface area contributed by atoms with E-state index in [2.05, 4.69) is 45.2 Å². The van der Waals surface area contributed by atoms with Crippen molar-refractivity contribution < 1.29 is 9.53 Å². The number of amides is 1. The van der Waals surface area contributed by atoms with E-state index >= 15 is 0 Å². The molecule has 0 bridgehead atoms. The highest BCUT2D eigenvalue weighted by Crippen LogP contribution is 2.18. The molecular formula is C21H25N3O2. The highest BCUT2D eigenvalue weighted by molar-refractivity contribution is 5.76. The summed E-state index contributed by atoms with van der Waals surface area (Å²) in [6.45, 7) is 5.74. The zero-order valence-corrected chi connectivity index (χ0v) is 15.4. The topological polar surface area (TPSA) is 56.1 Å². The number of hydrogen-bond donors (Lipinski definition) is 1. The normalized spacial score (nSPS) is 10.8. The Bertz CT molecular complexity index is 886. The number of benzene rings is 2. The SMILES string of the molecule is CCNC(=O)OCCCc1cccc(Cn2c(C)nc3ccccc32)c1. The fourth-order valence-electron chi connectivity index (χ4n) is 3.10. The fourth-order valence-corrected chi connectivity index (χ4v) is 3.10. The maximum atomic E-state index is 11.3. The summed E-state index contributed by atoms with van der Waals surface area (Å²) in [5.41, 5.74) is 4.69. The standard InChI is InChI=1S/C21H25N3O2/c1-3-22-21(25)26-13-7-10-17-8-6-9-18(14-17)15-24-16(2)23-19-11-4-5-12-20(19)24/h4-6,8-9,11-12,14H,3,7,10,13,15H2,1-2H3,(H,22,25). The van der Waals surface area contributed by atoms with Gasteiger partial charge in [-0.3, -0.25) is 0 Å². The zero-order valence-electron chi connectivity index (χ0n) is 15.4. The molecule has 136 valence electrons. The average Bonchev–Trinajstić information content (AvgIpc) is 2.95. The molecule has 0 aliphatic heterocycles. The van der Waals surface area contributed by atoms with E-state index < -0.39 is 0 Å². The van der Waals surface area contributed by atoms with Gasteiger partial charge in [0.2, 0.25) is 0 Å². The van der Waals surface area contributed by atoms with E-state index in [-0.39, 0.29) is 6.09 Å². The van der Waals surface area contributed by atoms with Crippen molar-refractivity contribution in [1.82, 2.24) is 14.9 Å². The smallest absolute Gasteiger partial charge is 0.407 e. The average molecular weight is 351 g/mol. The molecule has 0 saturated heterocycles. The molecule has 5 nitrogen and oxygen atoms in total. The third-order valence-electron chi connectivity index (χ3n) is 4.34. The summed E-state index contributed by atoms with van der Waals surface area (Å²) in [7, 11) is 0. The van der Waals surface area contributed by atoms with Gasteiger partial charge >= 0.3 is 6.09 Å². The number of carbonyl (C=O) groups is 1. The maximum Gasteiger partial charge on any atom is 0.407 e. The maximum absolute atomic E-state index is 11.3. The first-order valence-electron chi connectivity index (χ1n) is 9.07. The molecule has 1 aromatic heterocycles. The van der Waals surface area contributed by atoms with Gasteiger partial charge in [0.15, 0.2) is 0 Å². The van der Waals surface area contributed by atoms with Gasteiger partial charge in [-0.2, -0.15) is 0 Å². The molecule has 0 spiro atoms. The monoisotopic (exact) mass is 351 g/mol. The number of fused-ring (bicyclic) bond motifs is 1. The van der Waals surface area contributed by atoms with E-state index in [1.165, 1.54) is 11.1 Å². The summed E-state index contributed by atoms with van der Waals surface area (Å²) >= 11 is 0. The molecule has 1 heterocycles. The number of rotatable bonds is 7. The van der Waals surface area contributed by atoms with Crippen LogP contribution in [0.15, 0.2) is 48.5 Å². The highest BCUT2D eigenvalue weighted by Gasteiger charge is 2.07. The second-order valence-corrected chi connectivity index (χ2v) is 6.32. The summed E-state index contributed by atoms with van der Waals surface area (Å²) in [6, 6.07) is 16.8. The lowest BCUT2D eigenvalue weighted by molar-refractivity contribution is 0.145. The molecule has 1 N–H and O–H groups in total. The lowest BCUT2D eigenvalue weighted by Crippen LogP contribution is -2.24. The lowest BCUT2D eigenvalue weighted by atomic mass is 10.1. The molecule has 3 aromatic rings. The number of nitrogens with zero attached hydrogens (tertiary/aromatic N) is 2. The van der Waals surface area contributed by atoms with Crippen LogP contribution in [0.5, 0.6) is 0 Å². The van der Waals surface area contributed by atoms with Crippen LogP contribution in [0.3, 0.4) is 0 Å². The van der Waals surface area contributed by atoms with E-state index in [0.717, 1.165) is 36.2 Å². The van der Waals surface area contributed by atoms with Crippen LogP contribution in [0.2, 0.25) is 0 Å². The van der Waals surface area contributed by atoms with Gasteiger partial charge in [-0.1, -0.05) is 36.4 Å². The molecule has 26 heavy (non-hydrogen) atoms. The first kappa shape index (κ1) is 18.0. The van der Waals surface area contributed by atoms with Crippen molar-refractivity contribution in [2.75, 3.05) is 13.2 Å². The van der Waals surface area contributed by atoms with Crippen molar-refractivity contribution in [2.24, 2.45) is 0 Å². The van der Waals surface area contributed by atoms with Crippen molar-refractivity contribution in [1.29, 1.82) is 0 Å². The Kier molecular flexibility index (Phi) is 5.89. The number of para-hydroxylation sites is 2. The number of alkyl carbamates (subject to hydrolysis) is 1. The number of aryl methyl sites for hydroxylation is 2. The Morgan fingerprint density at radius 2 is 1.96 bits per heavy atom. The molecule has 0 unspecified atom stereocenters. The molecule has 1 amide bonds. The van der Waals surface area contributed by atoms with Crippen molar-refractivity contribution in [2.45, 2.75) is 33.2 Å². The first-order valence-corrected chi connectivity index (χ1v) is 9.07. The van der Waals surface area contributed by atoms with Gasteiger partial charge < -0.3 is 14.6 Å². The van der Waals surface area contributed by atoms with E-state index in [1.54, 1.807) is 0 Å². The van der Waals surface area contributed by atoms with E-state index in [0.29, 0.717) is 13.2 Å². The largest absolute Gasteiger partial charge is 0.450 e. The second kappa shape index (κ2) is 8.52. The Labute approximate surface area is 154 Å². The van der Waals surface area contributed by atoms with Crippen LogP contribution < -0.4 is 5.32 Å². The summed E-state index contributed by atoms with van der Waals surface area (Å²) in [4.78, 5) is 15.9. The van der Waals surface area contributed by atoms with E-state index in [9.17, 15) is 4.79 Å². The third-order valence-corrected chi connectivity index (χ3v) is 4.34. The van der Waals surface area contributed by atoms with Gasteiger partial charge in [0, 0.05) is 13.1 Å². The van der Waals surface area contributed by atoms with Gasteiger partial charge in [0.1, 0.15) is 5.82 Å². The molecule has 0 aliphatic carbocycles. The highest BCUT2D eigenvalue weighted by atomic mass is 16.5. The van der Waals surface area contributed by atoms with Crippen LogP contribution in [0.1, 0.15) is 30.3 Å². The predicted molar refractivity (Wildman–Crippen MR) is 103 cm³/mol. The van der Waals surface area contributed by atoms with E-state index in [4.69, 9.17) is 4.74 Å². The Morgan fingerprint density at radius 1 is 1.15 bits per heavy atom. The zero-order chi connectivity index (χ0) is 18.4. The minimum Gasteiger partial charge on any atom is -0.450 e. The Morgan fingerprint density at radius 3 is 2.81 bits per heavy atom. The van der Waals surface area contributed by atoms with Crippen LogP contribution >= 0.6 is 0 Å². The number of imidazole rings is 1. The molecule has 3 rings (SSSR count). The van der Waals surface area contributed by atoms with Crippen molar-refractivity contribution in [3.05, 3.63) is 65.5 Å². The molecule has 0 atom stereocenters. The molecule has 0 aliphatic rings. The summed E-state index contributed by atoms with van der Waals surface area (Å²) < 4.78 is 7.36. The number of nitrogens with one attached hydrogen (secondary N) is 1.